The summed E-state index contributed by atoms with van der Waals surface area (Å²) in [5.74, 6) is -0.110. The lowest BCUT2D eigenvalue weighted by molar-refractivity contribution is -0.130. The van der Waals surface area contributed by atoms with Crippen LogP contribution in [0.3, 0.4) is 0 Å². The monoisotopic (exact) mass is 213 g/mol. The highest BCUT2D eigenvalue weighted by atomic mass is 16.2. The Labute approximate surface area is 90.2 Å². The summed E-state index contributed by atoms with van der Waals surface area (Å²) in [5.41, 5.74) is 5.13. The molecule has 0 aromatic carbocycles. The Kier molecular flexibility index (Phi) is 4.55. The van der Waals surface area contributed by atoms with Crippen molar-refractivity contribution in [3.05, 3.63) is 0 Å². The van der Waals surface area contributed by atoms with Gasteiger partial charge in [-0.15, -0.1) is 0 Å². The molecule has 0 unspecified atom stereocenters. The van der Waals surface area contributed by atoms with Crippen LogP contribution in [0.5, 0.6) is 0 Å². The van der Waals surface area contributed by atoms with Gasteiger partial charge in [-0.3, -0.25) is 14.5 Å². The van der Waals surface area contributed by atoms with Crippen LogP contribution in [0.1, 0.15) is 19.8 Å². The van der Waals surface area contributed by atoms with Crippen molar-refractivity contribution in [2.75, 3.05) is 32.7 Å². The van der Waals surface area contributed by atoms with Gasteiger partial charge in [0.2, 0.25) is 11.8 Å². The molecule has 0 spiro atoms. The first-order valence-electron chi connectivity index (χ1n) is 5.42. The Morgan fingerprint density at radius 2 is 1.93 bits per heavy atom. The number of rotatable bonds is 3. The molecule has 5 nitrogen and oxygen atoms in total. The molecule has 0 radical (unpaired) electrons. The predicted molar refractivity (Wildman–Crippen MR) is 57.1 cm³/mol. The van der Waals surface area contributed by atoms with Crippen molar-refractivity contribution < 1.29 is 9.59 Å². The number of primary amides is 1. The maximum Gasteiger partial charge on any atom is 0.231 e. The van der Waals surface area contributed by atoms with Crippen LogP contribution in [0.2, 0.25) is 0 Å². The standard InChI is InChI=1S/C10H19N3O2/c1-2-10(15)13-5-3-4-12(6-7-13)8-9(11)14/h2-8H2,1H3,(H2,11,14). The smallest absolute Gasteiger partial charge is 0.231 e. The Bertz CT molecular complexity index is 243. The Morgan fingerprint density at radius 1 is 1.20 bits per heavy atom. The van der Waals surface area contributed by atoms with E-state index < -0.39 is 0 Å². The molecule has 1 rings (SSSR count). The summed E-state index contributed by atoms with van der Waals surface area (Å²) in [6.45, 7) is 5.26. The van der Waals surface area contributed by atoms with Crippen molar-refractivity contribution in [3.63, 3.8) is 0 Å². The predicted octanol–water partition coefficient (Wildman–Crippen LogP) is -0.584. The number of amides is 2. The van der Waals surface area contributed by atoms with Gasteiger partial charge >= 0.3 is 0 Å². The summed E-state index contributed by atoms with van der Waals surface area (Å²) in [6, 6.07) is 0. The summed E-state index contributed by atoms with van der Waals surface area (Å²) < 4.78 is 0. The van der Waals surface area contributed by atoms with E-state index in [0.29, 0.717) is 19.5 Å². The summed E-state index contributed by atoms with van der Waals surface area (Å²) in [7, 11) is 0. The SMILES string of the molecule is CCC(=O)N1CCCN(CC(N)=O)CC1. The maximum absolute atomic E-state index is 11.5. The highest BCUT2D eigenvalue weighted by Gasteiger charge is 2.18. The minimum Gasteiger partial charge on any atom is -0.369 e. The molecule has 0 aliphatic carbocycles. The van der Waals surface area contributed by atoms with Gasteiger partial charge in [0.1, 0.15) is 0 Å². The molecule has 2 N–H and O–H groups in total. The first-order chi connectivity index (χ1) is 7.13. The van der Waals surface area contributed by atoms with E-state index in [1.807, 2.05) is 16.7 Å². The van der Waals surface area contributed by atoms with Gasteiger partial charge in [-0.25, -0.2) is 0 Å². The molecule has 0 saturated carbocycles. The summed E-state index contributed by atoms with van der Waals surface area (Å²) in [6.07, 6.45) is 1.47. The van der Waals surface area contributed by atoms with Gasteiger partial charge in [-0.2, -0.15) is 0 Å². The van der Waals surface area contributed by atoms with E-state index in [4.69, 9.17) is 5.73 Å². The molecule has 0 bridgehead atoms. The lowest BCUT2D eigenvalue weighted by atomic mass is 10.3. The van der Waals surface area contributed by atoms with E-state index in [-0.39, 0.29) is 11.8 Å². The van der Waals surface area contributed by atoms with Crippen molar-refractivity contribution in [1.29, 1.82) is 0 Å². The Hall–Kier alpha value is -1.10. The second-order valence-electron chi connectivity index (χ2n) is 3.83. The third kappa shape index (κ3) is 3.87. The van der Waals surface area contributed by atoms with Gasteiger partial charge in [0.25, 0.3) is 0 Å². The van der Waals surface area contributed by atoms with Crippen LogP contribution in [-0.4, -0.2) is 54.3 Å². The van der Waals surface area contributed by atoms with Crippen LogP contribution in [0.25, 0.3) is 0 Å². The molecule has 2 amide bonds. The van der Waals surface area contributed by atoms with Crippen LogP contribution < -0.4 is 5.73 Å². The Balaban J connectivity index is 2.41. The van der Waals surface area contributed by atoms with Crippen molar-refractivity contribution >= 4 is 11.8 Å². The van der Waals surface area contributed by atoms with Crippen LogP contribution in [0.4, 0.5) is 0 Å². The van der Waals surface area contributed by atoms with E-state index in [9.17, 15) is 9.59 Å². The van der Waals surface area contributed by atoms with Gasteiger partial charge in [-0.05, 0) is 6.42 Å². The van der Waals surface area contributed by atoms with Crippen molar-refractivity contribution in [3.8, 4) is 0 Å². The van der Waals surface area contributed by atoms with E-state index in [0.717, 1.165) is 26.1 Å². The van der Waals surface area contributed by atoms with Crippen molar-refractivity contribution in [1.82, 2.24) is 9.80 Å². The Morgan fingerprint density at radius 3 is 2.53 bits per heavy atom. The third-order valence-electron chi connectivity index (χ3n) is 2.62. The number of hydrogen-bond acceptors (Lipinski definition) is 3. The quantitative estimate of drug-likeness (QED) is 0.682. The third-order valence-corrected chi connectivity index (χ3v) is 2.62. The van der Waals surface area contributed by atoms with Gasteiger partial charge in [-0.1, -0.05) is 6.92 Å². The minimum atomic E-state index is -0.301. The largest absolute Gasteiger partial charge is 0.369 e. The second kappa shape index (κ2) is 5.70. The minimum absolute atomic E-state index is 0.191. The average Bonchev–Trinajstić information content (AvgIpc) is 2.41. The van der Waals surface area contributed by atoms with Gasteiger partial charge in [0, 0.05) is 32.6 Å². The van der Waals surface area contributed by atoms with E-state index in [1.165, 1.54) is 0 Å². The number of carbonyl (C=O) groups excluding carboxylic acids is 2. The highest BCUT2D eigenvalue weighted by Crippen LogP contribution is 2.04. The molecule has 86 valence electrons. The first kappa shape index (κ1) is 12.0. The summed E-state index contributed by atoms with van der Waals surface area (Å²) in [4.78, 5) is 26.1. The normalized spacial score (nSPS) is 18.6. The maximum atomic E-state index is 11.5. The molecule has 0 aromatic heterocycles. The molecular weight excluding hydrogens is 194 g/mol. The molecule has 0 aromatic rings. The van der Waals surface area contributed by atoms with Crippen LogP contribution in [0, 0.1) is 0 Å². The molecule has 1 aliphatic rings. The molecule has 1 heterocycles. The van der Waals surface area contributed by atoms with Crippen molar-refractivity contribution in [2.24, 2.45) is 5.73 Å². The first-order valence-corrected chi connectivity index (χ1v) is 5.42. The molecule has 1 fully saturated rings. The van der Waals surface area contributed by atoms with Gasteiger partial charge in [0.15, 0.2) is 0 Å². The van der Waals surface area contributed by atoms with Crippen molar-refractivity contribution in [2.45, 2.75) is 19.8 Å². The lowest BCUT2D eigenvalue weighted by Gasteiger charge is -2.20. The second-order valence-corrected chi connectivity index (χ2v) is 3.83. The lowest BCUT2D eigenvalue weighted by Crippen LogP contribution is -2.38. The van der Waals surface area contributed by atoms with E-state index in [1.54, 1.807) is 0 Å². The molecule has 15 heavy (non-hydrogen) atoms. The number of nitrogens with two attached hydrogens (primary N) is 1. The van der Waals surface area contributed by atoms with Crippen LogP contribution in [-0.2, 0) is 9.59 Å². The van der Waals surface area contributed by atoms with E-state index in [2.05, 4.69) is 0 Å². The molecular formula is C10H19N3O2. The molecule has 0 atom stereocenters. The van der Waals surface area contributed by atoms with E-state index >= 15 is 0 Å². The molecule has 1 saturated heterocycles. The number of nitrogens with zero attached hydrogens (tertiary/aromatic N) is 2. The zero-order valence-corrected chi connectivity index (χ0v) is 9.24. The number of hydrogen-bond donors (Lipinski definition) is 1. The van der Waals surface area contributed by atoms with Gasteiger partial charge < -0.3 is 10.6 Å². The van der Waals surface area contributed by atoms with Crippen LogP contribution >= 0.6 is 0 Å². The zero-order valence-electron chi connectivity index (χ0n) is 9.24. The molecule has 5 heteroatoms. The molecule has 1 aliphatic heterocycles. The fourth-order valence-corrected chi connectivity index (χ4v) is 1.82. The highest BCUT2D eigenvalue weighted by molar-refractivity contribution is 5.76. The summed E-state index contributed by atoms with van der Waals surface area (Å²) in [5, 5.41) is 0. The fourth-order valence-electron chi connectivity index (χ4n) is 1.82. The number of carbonyl (C=O) groups is 2. The van der Waals surface area contributed by atoms with Crippen LogP contribution in [0.15, 0.2) is 0 Å². The topological polar surface area (TPSA) is 66.6 Å². The van der Waals surface area contributed by atoms with Gasteiger partial charge in [0.05, 0.1) is 6.54 Å². The zero-order chi connectivity index (χ0) is 11.3. The fraction of sp³-hybridized carbons (Fsp3) is 0.800. The summed E-state index contributed by atoms with van der Waals surface area (Å²) >= 11 is 0. The average molecular weight is 213 g/mol.